The van der Waals surface area contributed by atoms with E-state index in [1.165, 1.54) is 64.2 Å². The fraction of sp³-hybridized carbons (Fsp3) is 0.789. The Bertz CT molecular complexity index is 1390. The summed E-state index contributed by atoms with van der Waals surface area (Å²) in [4.78, 5) is 50.9. The molecule has 0 bridgehead atoms. The van der Waals surface area contributed by atoms with Crippen molar-refractivity contribution in [1.29, 1.82) is 0 Å². The largest absolute Gasteiger partial charge is 0.479 e. The van der Waals surface area contributed by atoms with Crippen LogP contribution in [-0.2, 0) is 42.9 Å². The molecule has 0 amide bonds. The summed E-state index contributed by atoms with van der Waals surface area (Å²) in [7, 11) is 0. The highest BCUT2D eigenvalue weighted by molar-refractivity contribution is 5.74. The van der Waals surface area contributed by atoms with Gasteiger partial charge in [0.25, 0.3) is 0 Å². The molecule has 0 radical (unpaired) electrons. The second kappa shape index (κ2) is 45.8. The molecule has 69 heavy (non-hydrogen) atoms. The Hall–Kier alpha value is -3.32. The van der Waals surface area contributed by atoms with Gasteiger partial charge in [-0.05, 0) is 70.6 Å². The molecule has 398 valence electrons. The number of carbonyl (C=O) groups is 4. The predicted octanol–water partition coefficient (Wildman–Crippen LogP) is 13.4. The van der Waals surface area contributed by atoms with E-state index in [1.807, 2.05) is 0 Å². The van der Waals surface area contributed by atoms with E-state index in [-0.39, 0.29) is 25.9 Å². The van der Waals surface area contributed by atoms with Gasteiger partial charge < -0.3 is 39.0 Å². The van der Waals surface area contributed by atoms with Crippen molar-refractivity contribution in [1.82, 2.24) is 0 Å². The van der Waals surface area contributed by atoms with Crippen molar-refractivity contribution in [3.63, 3.8) is 0 Å². The van der Waals surface area contributed by atoms with Crippen LogP contribution >= 0.6 is 0 Å². The molecule has 0 aromatic rings. The number of aliphatic carboxylic acids is 1. The zero-order valence-corrected chi connectivity index (χ0v) is 43.6. The van der Waals surface area contributed by atoms with Gasteiger partial charge in [-0.1, -0.05) is 198 Å². The van der Waals surface area contributed by atoms with Gasteiger partial charge in [-0.2, -0.15) is 0 Å². The van der Waals surface area contributed by atoms with E-state index in [4.69, 9.17) is 23.7 Å². The van der Waals surface area contributed by atoms with Gasteiger partial charge in [0.15, 0.2) is 24.6 Å². The summed E-state index contributed by atoms with van der Waals surface area (Å²) in [5.41, 5.74) is 0. The zero-order valence-electron chi connectivity index (χ0n) is 43.6. The van der Waals surface area contributed by atoms with Crippen LogP contribution in [0.15, 0.2) is 48.6 Å². The number of hydrogen-bond acceptors (Lipinski definition) is 11. The highest BCUT2D eigenvalue weighted by Gasteiger charge is 2.50. The maximum Gasteiger partial charge on any atom is 0.335 e. The molecule has 0 aromatic heterocycles. The van der Waals surface area contributed by atoms with Crippen molar-refractivity contribution in [3.8, 4) is 0 Å². The van der Waals surface area contributed by atoms with E-state index >= 15 is 0 Å². The molecule has 0 saturated carbocycles. The van der Waals surface area contributed by atoms with Gasteiger partial charge in [-0.15, -0.1) is 0 Å². The number of aliphatic hydroxyl groups excluding tert-OH is 2. The molecule has 0 spiro atoms. The zero-order chi connectivity index (χ0) is 50.4. The average Bonchev–Trinajstić information content (AvgIpc) is 3.33. The third-order valence-corrected chi connectivity index (χ3v) is 12.4. The Balaban J connectivity index is 2.70. The first-order valence-corrected chi connectivity index (χ1v) is 27.6. The molecule has 0 aromatic carbocycles. The van der Waals surface area contributed by atoms with Crippen molar-refractivity contribution in [2.24, 2.45) is 0 Å². The van der Waals surface area contributed by atoms with Crippen LogP contribution in [0.1, 0.15) is 239 Å². The first-order chi connectivity index (χ1) is 33.6. The molecule has 12 heteroatoms. The summed E-state index contributed by atoms with van der Waals surface area (Å²) in [6.45, 7) is 5.80. The van der Waals surface area contributed by atoms with Crippen molar-refractivity contribution in [3.05, 3.63) is 48.6 Å². The lowest BCUT2D eigenvalue weighted by Crippen LogP contribution is -2.61. The van der Waals surface area contributed by atoms with Crippen molar-refractivity contribution < 1.29 is 58.2 Å². The lowest BCUT2D eigenvalue weighted by atomic mass is 9.98. The van der Waals surface area contributed by atoms with E-state index < -0.39 is 67.3 Å². The Morgan fingerprint density at radius 1 is 0.493 bits per heavy atom. The molecule has 1 aliphatic heterocycles. The molecule has 1 saturated heterocycles. The second-order valence-corrected chi connectivity index (χ2v) is 18.8. The van der Waals surface area contributed by atoms with Crippen molar-refractivity contribution in [2.45, 2.75) is 276 Å². The van der Waals surface area contributed by atoms with Crippen LogP contribution < -0.4 is 0 Å². The number of rotatable bonds is 46. The maximum absolute atomic E-state index is 13.1. The van der Waals surface area contributed by atoms with Gasteiger partial charge in [0.1, 0.15) is 18.8 Å². The molecule has 12 nitrogen and oxygen atoms in total. The maximum atomic E-state index is 13.1. The Morgan fingerprint density at radius 3 is 1.45 bits per heavy atom. The third kappa shape index (κ3) is 36.3. The molecular weight excluding hydrogens is 877 g/mol. The van der Waals surface area contributed by atoms with Gasteiger partial charge in [-0.25, -0.2) is 4.79 Å². The molecule has 0 aliphatic carbocycles. The normalized spacial score (nSPS) is 19.0. The average molecular weight is 975 g/mol. The molecule has 1 aliphatic rings. The molecule has 1 fully saturated rings. The van der Waals surface area contributed by atoms with Gasteiger partial charge in [0.2, 0.25) is 0 Å². The van der Waals surface area contributed by atoms with E-state index in [1.54, 1.807) is 0 Å². The fourth-order valence-electron chi connectivity index (χ4n) is 8.13. The highest BCUT2D eigenvalue weighted by Crippen LogP contribution is 2.26. The summed E-state index contributed by atoms with van der Waals surface area (Å²) in [6.07, 6.45) is 41.0. The monoisotopic (exact) mass is 975 g/mol. The number of esters is 3. The Morgan fingerprint density at radius 2 is 0.928 bits per heavy atom. The molecular formula is C57H98O12. The van der Waals surface area contributed by atoms with Gasteiger partial charge >= 0.3 is 23.9 Å². The smallest absolute Gasteiger partial charge is 0.335 e. The number of allylic oxidation sites excluding steroid dienone is 8. The van der Waals surface area contributed by atoms with Crippen LogP contribution in [0.25, 0.3) is 0 Å². The molecule has 3 N–H and O–H groups in total. The third-order valence-electron chi connectivity index (χ3n) is 12.4. The SMILES string of the molecule is CC/C=C\C/C=C\C/C=C\CCCCCCCCCC(=O)OCC(COC1OC(C(=O)O)C(O)C(O)C1OC(=O)CCCCCCCCCCCCC)OC(=O)CCCCCCC/C=C\CCCC. The number of carbonyl (C=O) groups excluding carboxylic acids is 3. The molecule has 6 unspecified atom stereocenters. The Labute approximate surface area is 418 Å². The van der Waals surface area contributed by atoms with Gasteiger partial charge in [0.05, 0.1) is 6.61 Å². The number of carboxylic acid groups (broad SMARTS) is 1. The predicted molar refractivity (Wildman–Crippen MR) is 276 cm³/mol. The molecule has 1 heterocycles. The van der Waals surface area contributed by atoms with Gasteiger partial charge in [-0.3, -0.25) is 14.4 Å². The minimum atomic E-state index is -1.90. The summed E-state index contributed by atoms with van der Waals surface area (Å²) in [5, 5.41) is 31.3. The van der Waals surface area contributed by atoms with E-state index in [0.717, 1.165) is 116 Å². The summed E-state index contributed by atoms with van der Waals surface area (Å²) in [5.74, 6) is -3.13. The number of ether oxygens (including phenoxy) is 5. The summed E-state index contributed by atoms with van der Waals surface area (Å²) in [6, 6.07) is 0. The van der Waals surface area contributed by atoms with E-state index in [2.05, 4.69) is 69.4 Å². The standard InChI is InChI=1S/C57H98O12/c1-4-7-10-13-16-19-22-23-24-25-26-27-30-31-34-37-40-43-49(58)65-46-48(67-50(59)44-41-38-35-32-28-20-17-14-11-8-5-2)47-66-57-55(53(62)52(61)54(69-57)56(63)64)68-51(60)45-42-39-36-33-29-21-18-15-12-9-6-3/h7,10,14,16-17,19,23-24,48,52-55,57,61-62H,4-6,8-9,11-13,15,18,20-22,25-47H2,1-3H3,(H,63,64)/b10-7-,17-14-,19-16-,24-23-. The highest BCUT2D eigenvalue weighted by atomic mass is 16.7. The van der Waals surface area contributed by atoms with Crippen LogP contribution in [0.4, 0.5) is 0 Å². The van der Waals surface area contributed by atoms with E-state index in [0.29, 0.717) is 19.3 Å². The summed E-state index contributed by atoms with van der Waals surface area (Å²) < 4.78 is 28.3. The van der Waals surface area contributed by atoms with Gasteiger partial charge in [0, 0.05) is 19.3 Å². The molecule has 1 rings (SSSR count). The van der Waals surface area contributed by atoms with Crippen LogP contribution in [0.3, 0.4) is 0 Å². The number of unbranched alkanes of at least 4 members (excludes halogenated alkanes) is 24. The summed E-state index contributed by atoms with van der Waals surface area (Å²) >= 11 is 0. The Kier molecular flexibility index (Phi) is 42.3. The van der Waals surface area contributed by atoms with Crippen LogP contribution in [0.5, 0.6) is 0 Å². The fourth-order valence-corrected chi connectivity index (χ4v) is 8.13. The minimum Gasteiger partial charge on any atom is -0.479 e. The number of aliphatic hydroxyl groups is 2. The lowest BCUT2D eigenvalue weighted by molar-refractivity contribution is -0.301. The van der Waals surface area contributed by atoms with Crippen LogP contribution in [-0.4, -0.2) is 89.2 Å². The first kappa shape index (κ1) is 63.7. The first-order valence-electron chi connectivity index (χ1n) is 27.6. The van der Waals surface area contributed by atoms with E-state index in [9.17, 15) is 34.5 Å². The van der Waals surface area contributed by atoms with Crippen LogP contribution in [0.2, 0.25) is 0 Å². The minimum absolute atomic E-state index is 0.0614. The van der Waals surface area contributed by atoms with Crippen molar-refractivity contribution in [2.75, 3.05) is 13.2 Å². The van der Waals surface area contributed by atoms with Crippen molar-refractivity contribution >= 4 is 23.9 Å². The topological polar surface area (TPSA) is 175 Å². The van der Waals surface area contributed by atoms with Crippen LogP contribution in [0, 0.1) is 0 Å². The number of carboxylic acids is 1. The quantitative estimate of drug-likeness (QED) is 0.0228. The lowest BCUT2D eigenvalue weighted by Gasteiger charge is -2.40. The molecule has 6 atom stereocenters. The number of hydrogen-bond donors (Lipinski definition) is 3. The second-order valence-electron chi connectivity index (χ2n) is 18.8.